The van der Waals surface area contributed by atoms with Gasteiger partial charge in [-0.2, -0.15) is 9.57 Å². The summed E-state index contributed by atoms with van der Waals surface area (Å²) in [6, 6.07) is 18.7. The van der Waals surface area contributed by atoms with Crippen LogP contribution in [0, 0.1) is 11.3 Å². The molecule has 0 saturated heterocycles. The minimum atomic E-state index is -3.61. The summed E-state index contributed by atoms with van der Waals surface area (Å²) >= 11 is 0. The second-order valence-corrected chi connectivity index (χ2v) is 7.48. The van der Waals surface area contributed by atoms with Crippen LogP contribution < -0.4 is 0 Å². The topological polar surface area (TPSA) is 61.2 Å². The van der Waals surface area contributed by atoms with Crippen molar-refractivity contribution in [1.82, 2.24) is 4.31 Å². The molecule has 1 saturated carbocycles. The van der Waals surface area contributed by atoms with Crippen molar-refractivity contribution in [1.29, 1.82) is 5.26 Å². The highest BCUT2D eigenvalue weighted by Gasteiger charge is 2.38. The Kier molecular flexibility index (Phi) is 4.46. The predicted octanol–water partition coefficient (Wildman–Crippen LogP) is 3.42. The van der Waals surface area contributed by atoms with Gasteiger partial charge in [0, 0.05) is 24.6 Å². The lowest BCUT2D eigenvalue weighted by Gasteiger charge is -2.22. The summed E-state index contributed by atoms with van der Waals surface area (Å²) in [5.74, 6) is 0. The third-order valence-corrected chi connectivity index (χ3v) is 5.97. The third kappa shape index (κ3) is 3.29. The van der Waals surface area contributed by atoms with Gasteiger partial charge in [-0.25, -0.2) is 8.42 Å². The SMILES string of the molecule is N#CCCN(C1CC1)S(=O)(=O)c1ccccc1-c1ccccc1. The van der Waals surface area contributed by atoms with E-state index in [1.165, 1.54) is 4.31 Å². The van der Waals surface area contributed by atoms with Crippen LogP contribution in [0.4, 0.5) is 0 Å². The summed E-state index contributed by atoms with van der Waals surface area (Å²) in [4.78, 5) is 0.316. The van der Waals surface area contributed by atoms with Crippen LogP contribution in [-0.4, -0.2) is 25.3 Å². The van der Waals surface area contributed by atoms with E-state index in [4.69, 9.17) is 5.26 Å². The first-order chi connectivity index (χ1) is 11.1. The largest absolute Gasteiger partial charge is 0.243 e. The Balaban J connectivity index is 2.05. The molecule has 0 bridgehead atoms. The molecule has 0 aromatic heterocycles. The van der Waals surface area contributed by atoms with Crippen molar-refractivity contribution in [3.63, 3.8) is 0 Å². The highest BCUT2D eigenvalue weighted by atomic mass is 32.2. The Hall–Kier alpha value is -2.16. The van der Waals surface area contributed by atoms with E-state index in [0.717, 1.165) is 18.4 Å². The molecule has 5 heteroatoms. The number of sulfonamides is 1. The first kappa shape index (κ1) is 15.7. The van der Waals surface area contributed by atoms with E-state index in [9.17, 15) is 8.42 Å². The molecular weight excluding hydrogens is 308 g/mol. The maximum absolute atomic E-state index is 13.1. The van der Waals surface area contributed by atoms with Crippen LogP contribution in [0.5, 0.6) is 0 Å². The van der Waals surface area contributed by atoms with Gasteiger partial charge in [-0.05, 0) is 24.5 Å². The van der Waals surface area contributed by atoms with Crippen LogP contribution >= 0.6 is 0 Å². The highest BCUT2D eigenvalue weighted by Crippen LogP contribution is 2.35. The number of nitriles is 1. The molecule has 0 N–H and O–H groups in total. The van der Waals surface area contributed by atoms with Crippen molar-refractivity contribution >= 4 is 10.0 Å². The second kappa shape index (κ2) is 6.53. The van der Waals surface area contributed by atoms with E-state index >= 15 is 0 Å². The Bertz CT molecular complexity index is 822. The van der Waals surface area contributed by atoms with Crippen LogP contribution in [0.1, 0.15) is 19.3 Å². The zero-order valence-electron chi connectivity index (χ0n) is 12.7. The molecule has 118 valence electrons. The van der Waals surface area contributed by atoms with Gasteiger partial charge in [0.15, 0.2) is 0 Å². The first-order valence-corrected chi connectivity index (χ1v) is 9.12. The maximum Gasteiger partial charge on any atom is 0.243 e. The Morgan fingerprint density at radius 1 is 1.04 bits per heavy atom. The van der Waals surface area contributed by atoms with Crippen molar-refractivity contribution < 1.29 is 8.42 Å². The van der Waals surface area contributed by atoms with Crippen molar-refractivity contribution in [2.45, 2.75) is 30.2 Å². The number of hydrogen-bond acceptors (Lipinski definition) is 3. The van der Waals surface area contributed by atoms with Gasteiger partial charge >= 0.3 is 0 Å². The molecule has 0 atom stereocenters. The van der Waals surface area contributed by atoms with E-state index in [1.807, 2.05) is 48.5 Å². The zero-order chi connectivity index (χ0) is 16.3. The van der Waals surface area contributed by atoms with Crippen molar-refractivity contribution in [3.05, 3.63) is 54.6 Å². The van der Waals surface area contributed by atoms with E-state index in [2.05, 4.69) is 0 Å². The molecule has 0 heterocycles. The van der Waals surface area contributed by atoms with Crippen molar-refractivity contribution in [3.8, 4) is 17.2 Å². The second-order valence-electron chi connectivity index (χ2n) is 5.62. The van der Waals surface area contributed by atoms with Gasteiger partial charge in [0.2, 0.25) is 10.0 Å². The summed E-state index contributed by atoms with van der Waals surface area (Å²) in [5.41, 5.74) is 1.58. The van der Waals surface area contributed by atoms with Crippen LogP contribution in [0.2, 0.25) is 0 Å². The first-order valence-electron chi connectivity index (χ1n) is 7.68. The van der Waals surface area contributed by atoms with E-state index < -0.39 is 10.0 Å². The fourth-order valence-corrected chi connectivity index (χ4v) is 4.60. The Morgan fingerprint density at radius 2 is 1.70 bits per heavy atom. The molecule has 1 aliphatic rings. The molecule has 3 rings (SSSR count). The Labute approximate surface area is 137 Å². The summed E-state index contributed by atoms with van der Waals surface area (Å²) in [6.45, 7) is 0.257. The number of rotatable bonds is 6. The fraction of sp³-hybridized carbons (Fsp3) is 0.278. The van der Waals surface area contributed by atoms with Gasteiger partial charge in [-0.1, -0.05) is 48.5 Å². The fourth-order valence-electron chi connectivity index (χ4n) is 2.70. The van der Waals surface area contributed by atoms with Crippen LogP contribution in [0.25, 0.3) is 11.1 Å². The summed E-state index contributed by atoms with van der Waals surface area (Å²) in [7, 11) is -3.61. The molecule has 23 heavy (non-hydrogen) atoms. The molecule has 1 fully saturated rings. The quantitative estimate of drug-likeness (QED) is 0.817. The molecule has 0 spiro atoms. The minimum absolute atomic E-state index is 0.0391. The van der Waals surface area contributed by atoms with Gasteiger partial charge in [-0.15, -0.1) is 0 Å². The minimum Gasteiger partial charge on any atom is -0.207 e. The van der Waals surface area contributed by atoms with Crippen molar-refractivity contribution in [2.75, 3.05) is 6.54 Å². The van der Waals surface area contributed by atoms with E-state index in [0.29, 0.717) is 10.5 Å². The molecule has 2 aromatic rings. The normalized spacial score (nSPS) is 14.6. The smallest absolute Gasteiger partial charge is 0.207 e. The Morgan fingerprint density at radius 3 is 2.35 bits per heavy atom. The number of benzene rings is 2. The monoisotopic (exact) mass is 326 g/mol. The van der Waals surface area contributed by atoms with Gasteiger partial charge in [0.1, 0.15) is 0 Å². The van der Waals surface area contributed by atoms with Gasteiger partial charge in [0.25, 0.3) is 0 Å². The lowest BCUT2D eigenvalue weighted by atomic mass is 10.1. The summed E-state index contributed by atoms with van der Waals surface area (Å²) in [5, 5.41) is 8.81. The zero-order valence-corrected chi connectivity index (χ0v) is 13.5. The highest BCUT2D eigenvalue weighted by molar-refractivity contribution is 7.89. The third-order valence-electron chi connectivity index (χ3n) is 3.96. The van der Waals surface area contributed by atoms with Crippen molar-refractivity contribution in [2.24, 2.45) is 0 Å². The standard InChI is InChI=1S/C18H18N2O2S/c19-13-6-14-20(16-11-12-16)23(21,22)18-10-5-4-9-17(18)15-7-2-1-3-8-15/h1-5,7-10,16H,6,11-12,14H2. The molecular formula is C18H18N2O2S. The van der Waals surface area contributed by atoms with Crippen LogP contribution in [0.3, 0.4) is 0 Å². The number of nitrogens with zero attached hydrogens (tertiary/aromatic N) is 2. The molecule has 4 nitrogen and oxygen atoms in total. The van der Waals surface area contributed by atoms with E-state index in [1.54, 1.807) is 12.1 Å². The average molecular weight is 326 g/mol. The molecule has 0 aliphatic heterocycles. The van der Waals surface area contributed by atoms with Gasteiger partial charge in [0.05, 0.1) is 11.0 Å². The lowest BCUT2D eigenvalue weighted by molar-refractivity contribution is 0.411. The molecule has 0 unspecified atom stereocenters. The predicted molar refractivity (Wildman–Crippen MR) is 89.0 cm³/mol. The number of hydrogen-bond donors (Lipinski definition) is 0. The average Bonchev–Trinajstić information content (AvgIpc) is 3.41. The van der Waals surface area contributed by atoms with Gasteiger partial charge in [-0.3, -0.25) is 0 Å². The molecule has 0 radical (unpaired) electrons. The molecule has 1 aliphatic carbocycles. The summed E-state index contributed by atoms with van der Waals surface area (Å²) in [6.07, 6.45) is 1.96. The van der Waals surface area contributed by atoms with Crippen LogP contribution in [-0.2, 0) is 10.0 Å². The van der Waals surface area contributed by atoms with Crippen LogP contribution in [0.15, 0.2) is 59.5 Å². The maximum atomic E-state index is 13.1. The lowest BCUT2D eigenvalue weighted by Crippen LogP contribution is -2.34. The van der Waals surface area contributed by atoms with E-state index in [-0.39, 0.29) is 19.0 Å². The molecule has 2 aromatic carbocycles. The van der Waals surface area contributed by atoms with Gasteiger partial charge < -0.3 is 0 Å². The summed E-state index contributed by atoms with van der Waals surface area (Å²) < 4.78 is 27.8. The molecule has 0 amide bonds.